The van der Waals surface area contributed by atoms with Crippen LogP contribution in [0.5, 0.6) is 0 Å². The Labute approximate surface area is 164 Å². The van der Waals surface area contributed by atoms with Crippen molar-refractivity contribution in [3.63, 3.8) is 0 Å². The number of carbonyl (C=O) groups excluding carboxylic acids is 1. The lowest BCUT2D eigenvalue weighted by Crippen LogP contribution is -2.17. The maximum Gasteiger partial charge on any atom is 0.251 e. The second-order valence-corrected chi connectivity index (χ2v) is 6.79. The molecule has 2 heterocycles. The van der Waals surface area contributed by atoms with Gasteiger partial charge in [-0.25, -0.2) is 4.52 Å². The van der Waals surface area contributed by atoms with Crippen molar-refractivity contribution in [3.8, 4) is 22.5 Å². The number of rotatable bonds is 4. The van der Waals surface area contributed by atoms with Crippen LogP contribution in [0.3, 0.4) is 0 Å². The van der Waals surface area contributed by atoms with Crippen LogP contribution in [0.25, 0.3) is 33.6 Å². The molecule has 0 spiro atoms. The van der Waals surface area contributed by atoms with E-state index >= 15 is 0 Å². The lowest BCUT2D eigenvalue weighted by Gasteiger charge is -2.08. The smallest absolute Gasteiger partial charge is 0.251 e. The van der Waals surface area contributed by atoms with Gasteiger partial charge in [0, 0.05) is 23.7 Å². The van der Waals surface area contributed by atoms with Gasteiger partial charge in [-0.05, 0) is 55.0 Å². The van der Waals surface area contributed by atoms with Gasteiger partial charge >= 0.3 is 0 Å². The minimum atomic E-state index is -0.110. The van der Waals surface area contributed by atoms with Crippen molar-refractivity contribution in [1.82, 2.24) is 14.9 Å². The summed E-state index contributed by atoms with van der Waals surface area (Å²) in [4.78, 5) is 12.0. The van der Waals surface area contributed by atoms with Crippen molar-refractivity contribution in [2.75, 3.05) is 7.05 Å². The van der Waals surface area contributed by atoms with Crippen molar-refractivity contribution in [3.05, 3.63) is 90.5 Å². The van der Waals surface area contributed by atoms with Crippen LogP contribution in [-0.2, 0) is 0 Å². The van der Waals surface area contributed by atoms with Crippen LogP contribution < -0.4 is 5.32 Å². The van der Waals surface area contributed by atoms with Crippen LogP contribution in [-0.4, -0.2) is 22.6 Å². The molecule has 28 heavy (non-hydrogen) atoms. The molecule has 0 saturated carbocycles. The monoisotopic (exact) mass is 367 g/mol. The van der Waals surface area contributed by atoms with Gasteiger partial charge in [-0.1, -0.05) is 42.5 Å². The highest BCUT2D eigenvalue weighted by atomic mass is 16.1. The van der Waals surface area contributed by atoms with Gasteiger partial charge in [-0.15, -0.1) is 0 Å². The van der Waals surface area contributed by atoms with E-state index in [0.29, 0.717) is 5.56 Å². The molecule has 4 heteroatoms. The molecule has 4 aromatic rings. The predicted octanol–water partition coefficient (Wildman–Crippen LogP) is 5.06. The molecule has 0 aliphatic carbocycles. The van der Waals surface area contributed by atoms with Gasteiger partial charge in [0.25, 0.3) is 5.91 Å². The Kier molecular flexibility index (Phi) is 4.53. The average molecular weight is 367 g/mol. The van der Waals surface area contributed by atoms with Crippen molar-refractivity contribution in [2.45, 2.75) is 6.92 Å². The Morgan fingerprint density at radius 1 is 0.929 bits per heavy atom. The Balaban J connectivity index is 1.82. The number of hydrogen-bond acceptors (Lipinski definition) is 2. The Morgan fingerprint density at radius 2 is 1.61 bits per heavy atom. The molecule has 4 rings (SSSR count). The maximum atomic E-state index is 12.0. The molecule has 0 unspecified atom stereocenters. The molecule has 0 aliphatic rings. The number of nitrogens with one attached hydrogen (secondary N) is 1. The average Bonchev–Trinajstić information content (AvgIpc) is 3.16. The fourth-order valence-electron chi connectivity index (χ4n) is 3.27. The minimum Gasteiger partial charge on any atom is -0.355 e. The fourth-order valence-corrected chi connectivity index (χ4v) is 3.27. The summed E-state index contributed by atoms with van der Waals surface area (Å²) in [6.07, 6.45) is 0. The molecule has 0 radical (unpaired) electrons. The number of aromatic nitrogens is 2. The van der Waals surface area contributed by atoms with Crippen LogP contribution in [0.15, 0.2) is 79.4 Å². The largest absolute Gasteiger partial charge is 0.355 e. The Hall–Kier alpha value is -3.66. The van der Waals surface area contributed by atoms with E-state index < -0.39 is 0 Å². The molecule has 0 aliphatic heterocycles. The maximum absolute atomic E-state index is 12.0. The van der Waals surface area contributed by atoms with E-state index in [1.807, 2.05) is 47.8 Å². The Morgan fingerprint density at radius 3 is 2.36 bits per heavy atom. The van der Waals surface area contributed by atoms with Gasteiger partial charge < -0.3 is 5.32 Å². The standard InChI is InChI=1S/C24H21N3O/c1-16(2)17-6-4-8-19(14-17)23-13-11-21-10-12-22(26-27(21)23)18-7-5-9-20(15-18)24(28)25-3/h4-15H,1H2,2-3H3,(H,25,28). The molecular weight excluding hydrogens is 346 g/mol. The molecule has 2 aromatic carbocycles. The molecule has 0 saturated heterocycles. The number of hydrogen-bond donors (Lipinski definition) is 1. The third-order valence-electron chi connectivity index (χ3n) is 4.80. The first-order valence-corrected chi connectivity index (χ1v) is 9.14. The van der Waals surface area contributed by atoms with Crippen molar-refractivity contribution < 1.29 is 4.79 Å². The molecule has 138 valence electrons. The summed E-state index contributed by atoms with van der Waals surface area (Å²) in [5, 5.41) is 7.50. The van der Waals surface area contributed by atoms with E-state index in [1.54, 1.807) is 13.1 Å². The van der Waals surface area contributed by atoms with E-state index in [9.17, 15) is 4.79 Å². The van der Waals surface area contributed by atoms with Gasteiger partial charge in [0.1, 0.15) is 0 Å². The van der Waals surface area contributed by atoms with E-state index in [4.69, 9.17) is 5.10 Å². The fraction of sp³-hybridized carbons (Fsp3) is 0.0833. The topological polar surface area (TPSA) is 46.4 Å². The SMILES string of the molecule is C=C(C)c1cccc(-c2ccc3ccc(-c4cccc(C(=O)NC)c4)nn23)c1. The summed E-state index contributed by atoms with van der Waals surface area (Å²) in [5.74, 6) is -0.110. The van der Waals surface area contributed by atoms with Crippen molar-refractivity contribution in [2.24, 2.45) is 0 Å². The van der Waals surface area contributed by atoms with Crippen LogP contribution in [0, 0.1) is 0 Å². The second-order valence-electron chi connectivity index (χ2n) is 6.79. The molecule has 0 fully saturated rings. The summed E-state index contributed by atoms with van der Waals surface area (Å²) in [5.41, 5.74) is 7.59. The highest BCUT2D eigenvalue weighted by Gasteiger charge is 2.10. The van der Waals surface area contributed by atoms with Crippen molar-refractivity contribution in [1.29, 1.82) is 0 Å². The molecular formula is C24H21N3O. The number of benzene rings is 2. The van der Waals surface area contributed by atoms with Gasteiger partial charge in [0.15, 0.2) is 0 Å². The van der Waals surface area contributed by atoms with Crippen LogP contribution >= 0.6 is 0 Å². The summed E-state index contributed by atoms with van der Waals surface area (Å²) in [6, 6.07) is 23.9. The van der Waals surface area contributed by atoms with Crippen LogP contribution in [0.4, 0.5) is 0 Å². The molecule has 1 N–H and O–H groups in total. The zero-order chi connectivity index (χ0) is 19.7. The predicted molar refractivity (Wildman–Crippen MR) is 114 cm³/mol. The lowest BCUT2D eigenvalue weighted by atomic mass is 10.0. The number of allylic oxidation sites excluding steroid dienone is 1. The van der Waals surface area contributed by atoms with E-state index in [-0.39, 0.29) is 5.91 Å². The number of amides is 1. The molecule has 0 atom stereocenters. The first kappa shape index (κ1) is 17.7. The summed E-state index contributed by atoms with van der Waals surface area (Å²) in [6.45, 7) is 6.04. The molecule has 4 nitrogen and oxygen atoms in total. The zero-order valence-corrected chi connectivity index (χ0v) is 15.9. The van der Waals surface area contributed by atoms with Gasteiger partial charge in [-0.3, -0.25) is 4.79 Å². The number of carbonyl (C=O) groups is 1. The van der Waals surface area contributed by atoms with Gasteiger partial charge in [-0.2, -0.15) is 5.10 Å². The van der Waals surface area contributed by atoms with Gasteiger partial charge in [0.05, 0.1) is 16.9 Å². The molecule has 0 bridgehead atoms. The quantitative estimate of drug-likeness (QED) is 0.548. The summed E-state index contributed by atoms with van der Waals surface area (Å²) < 4.78 is 1.94. The normalized spacial score (nSPS) is 10.8. The van der Waals surface area contributed by atoms with Gasteiger partial charge in [0.2, 0.25) is 0 Å². The van der Waals surface area contributed by atoms with Crippen LogP contribution in [0.1, 0.15) is 22.8 Å². The number of fused-ring (bicyclic) bond motifs is 1. The number of nitrogens with zero attached hydrogens (tertiary/aromatic N) is 2. The lowest BCUT2D eigenvalue weighted by molar-refractivity contribution is 0.0963. The first-order valence-electron chi connectivity index (χ1n) is 9.14. The van der Waals surface area contributed by atoms with E-state index in [2.05, 4.69) is 42.2 Å². The molecule has 2 aromatic heterocycles. The second kappa shape index (κ2) is 7.16. The third kappa shape index (κ3) is 3.21. The minimum absolute atomic E-state index is 0.110. The van der Waals surface area contributed by atoms with E-state index in [0.717, 1.165) is 39.2 Å². The summed E-state index contributed by atoms with van der Waals surface area (Å²) >= 11 is 0. The third-order valence-corrected chi connectivity index (χ3v) is 4.80. The van der Waals surface area contributed by atoms with Crippen LogP contribution in [0.2, 0.25) is 0 Å². The molecule has 1 amide bonds. The Bertz CT molecular complexity index is 1200. The van der Waals surface area contributed by atoms with Crippen molar-refractivity contribution >= 4 is 17.0 Å². The van der Waals surface area contributed by atoms with E-state index in [1.165, 1.54) is 0 Å². The highest BCUT2D eigenvalue weighted by molar-refractivity contribution is 5.95. The zero-order valence-electron chi connectivity index (χ0n) is 15.9. The first-order chi connectivity index (χ1) is 13.6. The highest BCUT2D eigenvalue weighted by Crippen LogP contribution is 2.27. The summed E-state index contributed by atoms with van der Waals surface area (Å²) in [7, 11) is 1.63.